The number of halogens is 1. The van der Waals surface area contributed by atoms with Crippen LogP contribution in [0.25, 0.3) is 0 Å². The van der Waals surface area contributed by atoms with Crippen LogP contribution in [0.15, 0.2) is 36.9 Å². The summed E-state index contributed by atoms with van der Waals surface area (Å²) in [6.07, 6.45) is 1.97. The van der Waals surface area contributed by atoms with Crippen molar-refractivity contribution in [3.8, 4) is 0 Å². The van der Waals surface area contributed by atoms with Gasteiger partial charge >= 0.3 is 0 Å². The summed E-state index contributed by atoms with van der Waals surface area (Å²) in [5.74, 6) is 0.527. The zero-order valence-corrected chi connectivity index (χ0v) is 15.9. The van der Waals surface area contributed by atoms with E-state index in [4.69, 9.17) is 0 Å². The van der Waals surface area contributed by atoms with E-state index < -0.39 is 0 Å². The summed E-state index contributed by atoms with van der Waals surface area (Å²) < 4.78 is 16.5. The van der Waals surface area contributed by atoms with Crippen LogP contribution in [-0.2, 0) is 5.54 Å². The summed E-state index contributed by atoms with van der Waals surface area (Å²) in [6.45, 7) is 14.9. The highest BCUT2D eigenvalue weighted by Crippen LogP contribution is 2.23. The van der Waals surface area contributed by atoms with Crippen molar-refractivity contribution in [3.63, 3.8) is 0 Å². The summed E-state index contributed by atoms with van der Waals surface area (Å²) in [7, 11) is 0. The Kier molecular flexibility index (Phi) is 5.48. The lowest BCUT2D eigenvalue weighted by Crippen LogP contribution is -3.28. The van der Waals surface area contributed by atoms with Gasteiger partial charge in [-0.3, -0.25) is 0 Å². The number of tetrazole rings is 1. The number of benzene rings is 1. The number of quaternary nitrogens is 2. The third-order valence-corrected chi connectivity index (χ3v) is 5.04. The molecular formula is C19H29FN6+2. The first-order valence-electron chi connectivity index (χ1n) is 9.24. The molecule has 2 N–H and O–H groups in total. The predicted molar refractivity (Wildman–Crippen MR) is 97.5 cm³/mol. The summed E-state index contributed by atoms with van der Waals surface area (Å²) in [5.41, 5.74) is 0.396. The van der Waals surface area contributed by atoms with Gasteiger partial charge in [0.1, 0.15) is 32.0 Å². The third-order valence-electron chi connectivity index (χ3n) is 5.04. The smallest absolute Gasteiger partial charge is 0.214 e. The van der Waals surface area contributed by atoms with Gasteiger partial charge in [0.15, 0.2) is 6.04 Å². The lowest BCUT2D eigenvalue weighted by atomic mass is 10.0. The second-order valence-corrected chi connectivity index (χ2v) is 7.98. The van der Waals surface area contributed by atoms with E-state index in [1.165, 1.54) is 15.9 Å². The molecule has 0 aliphatic carbocycles. The van der Waals surface area contributed by atoms with Crippen molar-refractivity contribution in [2.75, 3.05) is 32.7 Å². The number of rotatable bonds is 5. The van der Waals surface area contributed by atoms with Crippen molar-refractivity contribution in [2.24, 2.45) is 0 Å². The summed E-state index contributed by atoms with van der Waals surface area (Å²) in [5, 5.41) is 12.4. The van der Waals surface area contributed by atoms with Gasteiger partial charge in [0.25, 0.3) is 0 Å². The maximum Gasteiger partial charge on any atom is 0.214 e. The molecule has 0 spiro atoms. The molecule has 0 saturated carbocycles. The number of nitrogens with zero attached hydrogens (tertiary/aromatic N) is 4. The molecule has 6 nitrogen and oxygen atoms in total. The highest BCUT2D eigenvalue weighted by atomic mass is 19.1. The molecule has 7 heteroatoms. The van der Waals surface area contributed by atoms with Gasteiger partial charge in [-0.15, -0.1) is 5.10 Å². The lowest BCUT2D eigenvalue weighted by molar-refractivity contribution is -1.02. The monoisotopic (exact) mass is 360 g/mol. The molecule has 0 radical (unpaired) electrons. The first kappa shape index (κ1) is 18.7. The Bertz CT molecular complexity index is 742. The SMILES string of the molecule is C=CC[NH+]1CC[NH+]([C@@H](c2ccccc2F)c2nnnn2C(C)(C)C)CC1. The van der Waals surface area contributed by atoms with Crippen LogP contribution in [-0.4, -0.2) is 52.9 Å². The van der Waals surface area contributed by atoms with E-state index >= 15 is 0 Å². The number of nitrogens with one attached hydrogen (secondary N) is 2. The normalized spacial score (nSPS) is 22.2. The van der Waals surface area contributed by atoms with E-state index in [-0.39, 0.29) is 17.4 Å². The Labute approximate surface area is 154 Å². The predicted octanol–water partition coefficient (Wildman–Crippen LogP) is -0.374. The fourth-order valence-corrected chi connectivity index (χ4v) is 3.72. The molecule has 0 unspecified atom stereocenters. The number of aromatic nitrogens is 4. The molecule has 0 amide bonds. The Morgan fingerprint density at radius 1 is 1.23 bits per heavy atom. The largest absolute Gasteiger partial charge is 0.322 e. The molecule has 0 bridgehead atoms. The Morgan fingerprint density at radius 2 is 1.92 bits per heavy atom. The van der Waals surface area contributed by atoms with Crippen LogP contribution in [0.3, 0.4) is 0 Å². The van der Waals surface area contributed by atoms with Crippen LogP contribution in [0.1, 0.15) is 38.2 Å². The number of hydrogen-bond acceptors (Lipinski definition) is 3. The van der Waals surface area contributed by atoms with E-state index in [0.29, 0.717) is 5.56 Å². The minimum absolute atomic E-state index is 0.200. The maximum absolute atomic E-state index is 14.7. The van der Waals surface area contributed by atoms with Crippen molar-refractivity contribution in [2.45, 2.75) is 32.4 Å². The van der Waals surface area contributed by atoms with Gasteiger partial charge in [-0.05, 0) is 49.4 Å². The zero-order valence-electron chi connectivity index (χ0n) is 15.9. The van der Waals surface area contributed by atoms with E-state index in [1.54, 1.807) is 6.07 Å². The van der Waals surface area contributed by atoms with Crippen molar-refractivity contribution in [3.05, 3.63) is 54.1 Å². The van der Waals surface area contributed by atoms with Crippen LogP contribution in [0.4, 0.5) is 4.39 Å². The fourth-order valence-electron chi connectivity index (χ4n) is 3.72. The fraction of sp³-hybridized carbons (Fsp3) is 0.526. The number of piperazine rings is 1. The zero-order chi connectivity index (χ0) is 18.7. The summed E-state index contributed by atoms with van der Waals surface area (Å²) >= 11 is 0. The van der Waals surface area contributed by atoms with Crippen LogP contribution >= 0.6 is 0 Å². The van der Waals surface area contributed by atoms with Gasteiger partial charge in [0, 0.05) is 0 Å². The highest BCUT2D eigenvalue weighted by Gasteiger charge is 2.38. The first-order valence-corrected chi connectivity index (χ1v) is 9.24. The molecule has 1 saturated heterocycles. The van der Waals surface area contributed by atoms with Crippen molar-refractivity contribution >= 4 is 0 Å². The van der Waals surface area contributed by atoms with Gasteiger partial charge in [0.05, 0.1) is 17.6 Å². The second-order valence-electron chi connectivity index (χ2n) is 7.98. The average molecular weight is 360 g/mol. The van der Waals surface area contributed by atoms with Crippen LogP contribution < -0.4 is 9.80 Å². The molecule has 1 aliphatic rings. The second kappa shape index (κ2) is 7.63. The van der Waals surface area contributed by atoms with E-state index in [9.17, 15) is 4.39 Å². The summed E-state index contributed by atoms with van der Waals surface area (Å²) in [6, 6.07) is 6.78. The molecular weight excluding hydrogens is 331 g/mol. The van der Waals surface area contributed by atoms with Crippen LogP contribution in [0, 0.1) is 5.82 Å². The van der Waals surface area contributed by atoms with E-state index in [2.05, 4.69) is 42.9 Å². The summed E-state index contributed by atoms with van der Waals surface area (Å²) in [4.78, 5) is 2.83. The third kappa shape index (κ3) is 3.83. The molecule has 3 rings (SSSR count). The molecule has 2 heterocycles. The lowest BCUT2D eigenvalue weighted by Gasteiger charge is -2.34. The molecule has 2 aromatic rings. The van der Waals surface area contributed by atoms with E-state index in [0.717, 1.165) is 38.5 Å². The van der Waals surface area contributed by atoms with Gasteiger partial charge < -0.3 is 9.80 Å². The molecule has 26 heavy (non-hydrogen) atoms. The molecule has 1 fully saturated rings. The molecule has 140 valence electrons. The maximum atomic E-state index is 14.7. The molecule has 1 atom stereocenters. The quantitative estimate of drug-likeness (QED) is 0.715. The molecule has 1 aromatic carbocycles. The van der Waals surface area contributed by atoms with Gasteiger partial charge in [-0.1, -0.05) is 18.7 Å². The highest BCUT2D eigenvalue weighted by molar-refractivity contribution is 5.24. The van der Waals surface area contributed by atoms with Crippen LogP contribution in [0.2, 0.25) is 0 Å². The minimum Gasteiger partial charge on any atom is -0.322 e. The molecule has 1 aliphatic heterocycles. The average Bonchev–Trinajstić information content (AvgIpc) is 3.08. The Morgan fingerprint density at radius 3 is 2.54 bits per heavy atom. The van der Waals surface area contributed by atoms with E-state index in [1.807, 2.05) is 22.9 Å². The topological polar surface area (TPSA) is 52.5 Å². The van der Waals surface area contributed by atoms with Gasteiger partial charge in [-0.2, -0.15) is 0 Å². The van der Waals surface area contributed by atoms with Crippen molar-refractivity contribution in [1.29, 1.82) is 0 Å². The van der Waals surface area contributed by atoms with Crippen LogP contribution in [0.5, 0.6) is 0 Å². The Balaban J connectivity index is 1.98. The number of hydrogen-bond donors (Lipinski definition) is 2. The van der Waals surface area contributed by atoms with Gasteiger partial charge in [-0.25, -0.2) is 9.07 Å². The molecule has 1 aromatic heterocycles. The van der Waals surface area contributed by atoms with Crippen molar-refractivity contribution < 1.29 is 14.2 Å². The Hall–Kier alpha value is -2.12. The van der Waals surface area contributed by atoms with Gasteiger partial charge in [0.2, 0.25) is 5.82 Å². The standard InChI is InChI=1S/C19H27FN6/c1-5-10-24-11-13-25(14-12-24)17(15-8-6-7-9-16(15)20)18-21-22-23-26(18)19(2,3)4/h5-9,17H,1,10-14H2,2-4H3/p+2/t17-/m0/s1. The van der Waals surface area contributed by atoms with Crippen molar-refractivity contribution in [1.82, 2.24) is 20.2 Å². The first-order chi connectivity index (χ1) is 12.4. The minimum atomic E-state index is -0.266.